The Labute approximate surface area is 146 Å². The second kappa shape index (κ2) is 6.89. The van der Waals surface area contributed by atoms with E-state index in [-0.39, 0.29) is 17.4 Å². The lowest BCUT2D eigenvalue weighted by atomic mass is 10.0. The fraction of sp³-hybridized carbons (Fsp3) is 0.250. The summed E-state index contributed by atoms with van der Waals surface area (Å²) < 4.78 is 6.92. The van der Waals surface area contributed by atoms with E-state index in [4.69, 9.17) is 4.74 Å². The Balaban J connectivity index is 2.09. The monoisotopic (exact) mass is 338 g/mol. The lowest BCUT2D eigenvalue weighted by molar-refractivity contribution is 0.415. The van der Waals surface area contributed by atoms with Gasteiger partial charge in [-0.25, -0.2) is 0 Å². The van der Waals surface area contributed by atoms with Crippen LogP contribution in [0.4, 0.5) is 5.69 Å². The summed E-state index contributed by atoms with van der Waals surface area (Å²) in [4.78, 5) is 12.9. The van der Waals surface area contributed by atoms with Crippen molar-refractivity contribution in [1.29, 1.82) is 0 Å². The van der Waals surface area contributed by atoms with Gasteiger partial charge in [-0.1, -0.05) is 18.2 Å². The van der Waals surface area contributed by atoms with E-state index in [2.05, 4.69) is 5.32 Å². The van der Waals surface area contributed by atoms with Crippen molar-refractivity contribution in [3.05, 3.63) is 64.4 Å². The highest BCUT2D eigenvalue weighted by Crippen LogP contribution is 2.31. The van der Waals surface area contributed by atoms with Crippen LogP contribution in [0.3, 0.4) is 0 Å². The van der Waals surface area contributed by atoms with Crippen LogP contribution in [-0.2, 0) is 6.54 Å². The first-order chi connectivity index (χ1) is 12.1. The average Bonchev–Trinajstić information content (AvgIpc) is 2.62. The Hall–Kier alpha value is -2.95. The molecule has 0 bridgehead atoms. The van der Waals surface area contributed by atoms with Gasteiger partial charge in [0.25, 0.3) is 5.56 Å². The van der Waals surface area contributed by atoms with Crippen LogP contribution in [-0.4, -0.2) is 16.8 Å². The average molecular weight is 338 g/mol. The molecule has 3 aromatic rings. The number of nitrogens with one attached hydrogen (secondary N) is 1. The molecule has 0 aliphatic carbocycles. The van der Waals surface area contributed by atoms with E-state index in [0.29, 0.717) is 17.5 Å². The Morgan fingerprint density at radius 3 is 2.68 bits per heavy atom. The number of anilines is 1. The molecule has 25 heavy (non-hydrogen) atoms. The molecule has 1 atom stereocenters. The van der Waals surface area contributed by atoms with Crippen LogP contribution in [0, 0.1) is 0 Å². The molecule has 0 unspecified atom stereocenters. The number of nitrogens with zero attached hydrogens (tertiary/aromatic N) is 1. The van der Waals surface area contributed by atoms with Gasteiger partial charge < -0.3 is 19.7 Å². The van der Waals surface area contributed by atoms with E-state index in [1.54, 1.807) is 11.7 Å². The first-order valence-electron chi connectivity index (χ1n) is 8.31. The van der Waals surface area contributed by atoms with Crippen molar-refractivity contribution < 1.29 is 9.84 Å². The Morgan fingerprint density at radius 1 is 1.20 bits per heavy atom. The van der Waals surface area contributed by atoms with Crippen LogP contribution in [0.1, 0.15) is 25.5 Å². The van der Waals surface area contributed by atoms with Gasteiger partial charge in [-0.05, 0) is 38.1 Å². The van der Waals surface area contributed by atoms with E-state index in [1.807, 2.05) is 62.4 Å². The van der Waals surface area contributed by atoms with E-state index in [0.717, 1.165) is 17.0 Å². The van der Waals surface area contributed by atoms with Gasteiger partial charge in [-0.15, -0.1) is 0 Å². The number of para-hydroxylation sites is 1. The largest absolute Gasteiger partial charge is 0.507 e. The highest BCUT2D eigenvalue weighted by atomic mass is 16.5. The van der Waals surface area contributed by atoms with Crippen molar-refractivity contribution in [3.63, 3.8) is 0 Å². The maximum absolute atomic E-state index is 12.9. The van der Waals surface area contributed by atoms with Crippen molar-refractivity contribution in [3.8, 4) is 11.5 Å². The summed E-state index contributed by atoms with van der Waals surface area (Å²) in [5.41, 5.74) is 1.75. The Kier molecular flexibility index (Phi) is 4.65. The number of pyridine rings is 1. The second-order valence-electron chi connectivity index (χ2n) is 5.93. The van der Waals surface area contributed by atoms with Gasteiger partial charge in [0.1, 0.15) is 11.5 Å². The zero-order valence-corrected chi connectivity index (χ0v) is 14.6. The van der Waals surface area contributed by atoms with Gasteiger partial charge in [0.15, 0.2) is 0 Å². The number of hydrogen-bond acceptors (Lipinski definition) is 4. The number of aromatic nitrogens is 1. The van der Waals surface area contributed by atoms with Gasteiger partial charge in [0.2, 0.25) is 0 Å². The van der Waals surface area contributed by atoms with Crippen LogP contribution in [0.5, 0.6) is 11.5 Å². The van der Waals surface area contributed by atoms with Gasteiger partial charge in [0.05, 0.1) is 24.2 Å². The first-order valence-corrected chi connectivity index (χ1v) is 8.31. The molecule has 0 saturated carbocycles. The van der Waals surface area contributed by atoms with Crippen LogP contribution < -0.4 is 15.6 Å². The molecule has 130 valence electrons. The zero-order valence-electron chi connectivity index (χ0n) is 14.6. The molecule has 0 aliphatic rings. The molecule has 0 fully saturated rings. The molecule has 0 radical (unpaired) electrons. The minimum Gasteiger partial charge on any atom is -0.507 e. The predicted octanol–water partition coefficient (Wildman–Crippen LogP) is 3.91. The predicted molar refractivity (Wildman–Crippen MR) is 101 cm³/mol. The summed E-state index contributed by atoms with van der Waals surface area (Å²) in [5, 5.41) is 14.7. The molecule has 0 amide bonds. The van der Waals surface area contributed by atoms with Gasteiger partial charge in [-0.3, -0.25) is 4.79 Å². The van der Waals surface area contributed by atoms with Crippen molar-refractivity contribution in [2.75, 3.05) is 12.4 Å². The summed E-state index contributed by atoms with van der Waals surface area (Å²) in [6, 6.07) is 14.5. The lowest BCUT2D eigenvalue weighted by Crippen LogP contribution is -2.27. The van der Waals surface area contributed by atoms with Crippen molar-refractivity contribution >= 4 is 16.6 Å². The van der Waals surface area contributed by atoms with E-state index < -0.39 is 0 Å². The van der Waals surface area contributed by atoms with Crippen molar-refractivity contribution in [2.45, 2.75) is 26.4 Å². The summed E-state index contributed by atoms with van der Waals surface area (Å²) >= 11 is 0. The molecule has 0 saturated heterocycles. The van der Waals surface area contributed by atoms with Crippen molar-refractivity contribution in [2.24, 2.45) is 0 Å². The number of aromatic hydroxyl groups is 1. The van der Waals surface area contributed by atoms with Crippen LogP contribution in [0.15, 0.2) is 53.3 Å². The van der Waals surface area contributed by atoms with E-state index in [1.165, 1.54) is 0 Å². The standard InChI is InChI=1S/C20H22N2O3/c1-4-22-17-11-6-5-10-16(17)19(23)18(20(22)24)13(2)21-14-8-7-9-15(12-14)25-3/h5-13,21,23H,4H2,1-3H3/t13-/m0/s1. The number of aryl methyl sites for hydroxylation is 1. The quantitative estimate of drug-likeness (QED) is 0.740. The molecule has 2 N–H and O–H groups in total. The Bertz CT molecular complexity index is 963. The van der Waals surface area contributed by atoms with Gasteiger partial charge in [-0.2, -0.15) is 0 Å². The van der Waals surface area contributed by atoms with Crippen LogP contribution in [0.2, 0.25) is 0 Å². The second-order valence-corrected chi connectivity index (χ2v) is 5.93. The SMILES string of the molecule is CCn1c(=O)c([C@H](C)Nc2cccc(OC)c2)c(O)c2ccccc21. The third-order valence-electron chi connectivity index (χ3n) is 4.38. The van der Waals surface area contributed by atoms with Gasteiger partial charge in [0, 0.05) is 23.7 Å². The normalized spacial score (nSPS) is 12.1. The van der Waals surface area contributed by atoms with E-state index in [9.17, 15) is 9.90 Å². The first kappa shape index (κ1) is 16.9. The number of hydrogen-bond donors (Lipinski definition) is 2. The van der Waals surface area contributed by atoms with E-state index >= 15 is 0 Å². The zero-order chi connectivity index (χ0) is 18.0. The molecule has 5 heteroatoms. The molecule has 3 rings (SSSR count). The summed E-state index contributed by atoms with van der Waals surface area (Å²) in [7, 11) is 1.61. The van der Waals surface area contributed by atoms with Gasteiger partial charge >= 0.3 is 0 Å². The minimum absolute atomic E-state index is 0.0354. The topological polar surface area (TPSA) is 63.5 Å². The maximum Gasteiger partial charge on any atom is 0.260 e. The number of benzene rings is 2. The third kappa shape index (κ3) is 3.05. The molecule has 2 aromatic carbocycles. The number of rotatable bonds is 5. The molecule has 0 spiro atoms. The molecule has 5 nitrogen and oxygen atoms in total. The van der Waals surface area contributed by atoms with Crippen LogP contribution >= 0.6 is 0 Å². The molecular formula is C20H22N2O3. The number of methoxy groups -OCH3 is 1. The molecular weight excluding hydrogens is 316 g/mol. The highest BCUT2D eigenvalue weighted by molar-refractivity contribution is 5.86. The fourth-order valence-electron chi connectivity index (χ4n) is 3.15. The number of fused-ring (bicyclic) bond motifs is 1. The highest BCUT2D eigenvalue weighted by Gasteiger charge is 2.20. The lowest BCUT2D eigenvalue weighted by Gasteiger charge is -2.20. The van der Waals surface area contributed by atoms with Crippen LogP contribution in [0.25, 0.3) is 10.9 Å². The maximum atomic E-state index is 12.9. The summed E-state index contributed by atoms with van der Waals surface area (Å²) in [6.45, 7) is 4.33. The molecule has 1 aromatic heterocycles. The molecule has 0 aliphatic heterocycles. The number of ether oxygens (including phenoxy) is 1. The molecule has 1 heterocycles. The minimum atomic E-state index is -0.359. The summed E-state index contributed by atoms with van der Waals surface area (Å²) in [6.07, 6.45) is 0. The summed E-state index contributed by atoms with van der Waals surface area (Å²) in [5.74, 6) is 0.763. The smallest absolute Gasteiger partial charge is 0.260 e. The fourth-order valence-corrected chi connectivity index (χ4v) is 3.15. The Morgan fingerprint density at radius 2 is 1.96 bits per heavy atom. The third-order valence-corrected chi connectivity index (χ3v) is 4.38. The van der Waals surface area contributed by atoms with Crippen molar-refractivity contribution in [1.82, 2.24) is 4.57 Å².